The zero-order valence-electron chi connectivity index (χ0n) is 27.4. The molecule has 0 radical (unpaired) electrons. The predicted molar refractivity (Wildman–Crippen MR) is 203 cm³/mol. The molecule has 1 aliphatic rings. The van der Waals surface area contributed by atoms with Crippen molar-refractivity contribution in [3.05, 3.63) is 155 Å². The topological polar surface area (TPSA) is 62.4 Å². The number of hydrogen-bond acceptors (Lipinski definition) is 2. The van der Waals surface area contributed by atoms with Crippen molar-refractivity contribution in [3.63, 3.8) is 0 Å². The minimum Gasteiger partial charge on any atom is -0.308 e. The van der Waals surface area contributed by atoms with Gasteiger partial charge in [0.15, 0.2) is 0 Å². The lowest BCUT2D eigenvalue weighted by molar-refractivity contribution is 0.957. The van der Waals surface area contributed by atoms with Crippen LogP contribution in [0, 0.1) is 29.6 Å². The van der Waals surface area contributed by atoms with Crippen LogP contribution in [0.3, 0.4) is 0 Å². The van der Waals surface area contributed by atoms with Gasteiger partial charge in [0.25, 0.3) is 0 Å². The summed E-state index contributed by atoms with van der Waals surface area (Å²) in [5, 5.41) is 28.4. The standard InChI is InChI=1S/C45H29N5/c1-28-43(48-37-20-8-2-14-29(37)30-15-3-9-21-38(30)48)35(26-46)45(50-41-24-12-6-18-33(41)34-19-7-13-25-42(34)50)36(27-47)44(28)49-39-22-10-4-16-31(39)32-17-5-11-23-40(32)49/h2-4,6-16,18-25H,5,17H2,1H3. The van der Waals surface area contributed by atoms with Crippen molar-refractivity contribution in [1.82, 2.24) is 13.7 Å². The van der Waals surface area contributed by atoms with Gasteiger partial charge in [-0.2, -0.15) is 10.5 Å². The average molecular weight is 640 g/mol. The van der Waals surface area contributed by atoms with Crippen LogP contribution in [0.4, 0.5) is 0 Å². The molecule has 5 nitrogen and oxygen atoms in total. The Hall–Kier alpha value is -6.82. The first-order valence-electron chi connectivity index (χ1n) is 17.0. The van der Waals surface area contributed by atoms with Crippen LogP contribution in [0.15, 0.2) is 127 Å². The molecule has 0 saturated carbocycles. The lowest BCUT2D eigenvalue weighted by Crippen LogP contribution is -2.14. The average Bonchev–Trinajstić information content (AvgIpc) is 3.80. The van der Waals surface area contributed by atoms with Crippen LogP contribution in [0.1, 0.15) is 34.4 Å². The van der Waals surface area contributed by atoms with Gasteiger partial charge in [-0.3, -0.25) is 0 Å². The van der Waals surface area contributed by atoms with Crippen LogP contribution in [0.25, 0.3) is 77.7 Å². The van der Waals surface area contributed by atoms with Crippen molar-refractivity contribution in [2.75, 3.05) is 0 Å². The second kappa shape index (κ2) is 10.6. The normalized spacial score (nSPS) is 12.6. The fraction of sp³-hybridized carbons (Fsp3) is 0.0667. The quantitative estimate of drug-likeness (QED) is 0.193. The number of fused-ring (bicyclic) bond motifs is 9. The van der Waals surface area contributed by atoms with Gasteiger partial charge in [-0.05, 0) is 67.3 Å². The van der Waals surface area contributed by atoms with Crippen molar-refractivity contribution in [2.24, 2.45) is 0 Å². The molecule has 5 heteroatoms. The molecule has 1 aliphatic carbocycles. The smallest absolute Gasteiger partial charge is 0.104 e. The van der Waals surface area contributed by atoms with E-state index >= 15 is 0 Å². The number of para-hydroxylation sites is 5. The molecule has 6 aromatic carbocycles. The van der Waals surface area contributed by atoms with Crippen molar-refractivity contribution in [1.29, 1.82) is 10.5 Å². The Morgan fingerprint density at radius 3 is 1.32 bits per heavy atom. The molecule has 0 amide bonds. The van der Waals surface area contributed by atoms with E-state index in [1.807, 2.05) is 24.3 Å². The number of benzene rings is 6. The summed E-state index contributed by atoms with van der Waals surface area (Å²) in [4.78, 5) is 0. The highest BCUT2D eigenvalue weighted by molar-refractivity contribution is 6.11. The third kappa shape index (κ3) is 3.64. The van der Waals surface area contributed by atoms with Crippen LogP contribution in [0.5, 0.6) is 0 Å². The van der Waals surface area contributed by atoms with Gasteiger partial charge in [0, 0.05) is 32.6 Å². The summed E-state index contributed by atoms with van der Waals surface area (Å²) in [6.07, 6.45) is 6.33. The second-order valence-corrected chi connectivity index (χ2v) is 13.0. The molecule has 10 rings (SSSR count). The lowest BCUT2D eigenvalue weighted by atomic mass is 9.96. The number of nitriles is 2. The van der Waals surface area contributed by atoms with E-state index in [0.717, 1.165) is 84.6 Å². The number of hydrogen-bond donors (Lipinski definition) is 0. The third-order valence-corrected chi connectivity index (χ3v) is 10.6. The number of allylic oxidation sites excluding steroid dienone is 1. The van der Waals surface area contributed by atoms with E-state index in [9.17, 15) is 10.5 Å². The largest absolute Gasteiger partial charge is 0.308 e. The van der Waals surface area contributed by atoms with E-state index in [1.165, 1.54) is 10.9 Å². The first-order valence-corrected chi connectivity index (χ1v) is 17.0. The Labute approximate surface area is 288 Å². The maximum Gasteiger partial charge on any atom is 0.104 e. The molecule has 0 atom stereocenters. The van der Waals surface area contributed by atoms with Gasteiger partial charge < -0.3 is 13.7 Å². The summed E-state index contributed by atoms with van der Waals surface area (Å²) in [6, 6.07) is 47.2. The van der Waals surface area contributed by atoms with Crippen LogP contribution < -0.4 is 0 Å². The maximum absolute atomic E-state index is 11.4. The van der Waals surface area contributed by atoms with Crippen molar-refractivity contribution in [3.8, 4) is 29.2 Å². The van der Waals surface area contributed by atoms with Gasteiger partial charge in [-0.25, -0.2) is 0 Å². The molecule has 0 saturated heterocycles. The zero-order valence-corrected chi connectivity index (χ0v) is 27.4. The Morgan fingerprint density at radius 2 is 0.860 bits per heavy atom. The highest BCUT2D eigenvalue weighted by Gasteiger charge is 2.31. The summed E-state index contributed by atoms with van der Waals surface area (Å²) in [5.41, 5.74) is 11.3. The Kier molecular flexibility index (Phi) is 5.98. The molecule has 9 aromatic rings. The molecular weight excluding hydrogens is 611 g/mol. The van der Waals surface area contributed by atoms with Gasteiger partial charge in [0.05, 0.1) is 44.6 Å². The molecule has 234 valence electrons. The molecule has 50 heavy (non-hydrogen) atoms. The first kappa shape index (κ1) is 28.2. The summed E-state index contributed by atoms with van der Waals surface area (Å²) in [5.74, 6) is 0. The minimum atomic E-state index is 0.460. The van der Waals surface area contributed by atoms with Gasteiger partial charge in [0.1, 0.15) is 23.3 Å². The minimum absolute atomic E-state index is 0.460. The van der Waals surface area contributed by atoms with E-state index in [0.29, 0.717) is 16.8 Å². The number of aromatic nitrogens is 3. The lowest BCUT2D eigenvalue weighted by Gasteiger charge is -2.25. The Morgan fingerprint density at radius 1 is 0.480 bits per heavy atom. The highest BCUT2D eigenvalue weighted by atomic mass is 15.1. The van der Waals surface area contributed by atoms with E-state index < -0.39 is 0 Å². The molecular formula is C45H29N5. The second-order valence-electron chi connectivity index (χ2n) is 13.0. The van der Waals surface area contributed by atoms with E-state index in [4.69, 9.17) is 0 Å². The molecule has 0 N–H and O–H groups in total. The molecule has 0 bridgehead atoms. The van der Waals surface area contributed by atoms with E-state index in [1.54, 1.807) is 0 Å². The maximum atomic E-state index is 11.4. The predicted octanol–water partition coefficient (Wildman–Crippen LogP) is 10.8. The van der Waals surface area contributed by atoms with Gasteiger partial charge in [-0.1, -0.05) is 97.1 Å². The Bertz CT molecular complexity index is 2910. The zero-order chi connectivity index (χ0) is 33.5. The van der Waals surface area contributed by atoms with Crippen LogP contribution in [0.2, 0.25) is 0 Å². The Balaban J connectivity index is 1.49. The number of rotatable bonds is 3. The van der Waals surface area contributed by atoms with Crippen LogP contribution >= 0.6 is 0 Å². The number of aryl methyl sites for hydroxylation is 1. The summed E-state index contributed by atoms with van der Waals surface area (Å²) >= 11 is 0. The first-order chi connectivity index (χ1) is 24.7. The number of nitrogens with zero attached hydrogens (tertiary/aromatic N) is 5. The van der Waals surface area contributed by atoms with E-state index in [2.05, 4.69) is 142 Å². The van der Waals surface area contributed by atoms with Crippen molar-refractivity contribution >= 4 is 60.6 Å². The molecule has 0 fully saturated rings. The summed E-state index contributed by atoms with van der Waals surface area (Å²) < 4.78 is 6.68. The van der Waals surface area contributed by atoms with Crippen LogP contribution in [-0.4, -0.2) is 13.7 Å². The molecule has 0 aliphatic heterocycles. The molecule has 0 spiro atoms. The monoisotopic (exact) mass is 639 g/mol. The molecule has 0 unspecified atom stereocenters. The van der Waals surface area contributed by atoms with Crippen molar-refractivity contribution < 1.29 is 0 Å². The molecule has 3 aromatic heterocycles. The van der Waals surface area contributed by atoms with Gasteiger partial charge in [0.2, 0.25) is 0 Å². The summed E-state index contributed by atoms with van der Waals surface area (Å²) in [7, 11) is 0. The highest BCUT2D eigenvalue weighted by Crippen LogP contribution is 2.45. The van der Waals surface area contributed by atoms with Crippen molar-refractivity contribution in [2.45, 2.75) is 19.8 Å². The van der Waals surface area contributed by atoms with E-state index in [-0.39, 0.29) is 0 Å². The van der Waals surface area contributed by atoms with Crippen LogP contribution in [-0.2, 0) is 6.42 Å². The fourth-order valence-corrected chi connectivity index (χ4v) is 8.59. The SMILES string of the molecule is Cc1c(-n2c3c(c4ccccc42)CCC=C3)c(C#N)c(-n2c3ccccc3c3ccccc32)c(C#N)c1-n1c2ccccc2c2ccccc21. The van der Waals surface area contributed by atoms with Gasteiger partial charge in [-0.15, -0.1) is 0 Å². The van der Waals surface area contributed by atoms with Gasteiger partial charge >= 0.3 is 0 Å². The summed E-state index contributed by atoms with van der Waals surface area (Å²) in [6.45, 7) is 2.08. The molecule has 3 heterocycles. The fourth-order valence-electron chi connectivity index (χ4n) is 8.59. The third-order valence-electron chi connectivity index (χ3n) is 10.6.